The van der Waals surface area contributed by atoms with Gasteiger partial charge in [0.25, 0.3) is 0 Å². The van der Waals surface area contributed by atoms with Gasteiger partial charge in [0.05, 0.1) is 31.1 Å². The summed E-state index contributed by atoms with van der Waals surface area (Å²) < 4.78 is 9.04. The first-order valence-corrected chi connectivity index (χ1v) is 11.0. The number of hydrogen-bond donors (Lipinski definition) is 0. The van der Waals surface area contributed by atoms with Crippen molar-refractivity contribution >= 4 is 5.91 Å². The number of aromatic nitrogens is 6. The standard InChI is InChI=1S/C24H23N7O2/c1-29-11-19(9-27-29)16-3-2-4-17(5-16)24-25-7-18(8-26-24)20-10-28-30(12-20)14-23(32)31-13-22-6-21(31)15-33-22/h2-5,7-12,21-22H,6,13-15H2,1H3/t21-,22-/m0/s1. The van der Waals surface area contributed by atoms with Crippen LogP contribution >= 0.6 is 0 Å². The molecule has 0 spiro atoms. The second-order valence-electron chi connectivity index (χ2n) is 8.60. The van der Waals surface area contributed by atoms with E-state index < -0.39 is 0 Å². The highest BCUT2D eigenvalue weighted by molar-refractivity contribution is 5.77. The maximum atomic E-state index is 12.7. The topological polar surface area (TPSA) is 91.0 Å². The number of nitrogens with zero attached hydrogens (tertiary/aromatic N) is 7. The van der Waals surface area contributed by atoms with E-state index in [9.17, 15) is 4.79 Å². The lowest BCUT2D eigenvalue weighted by Gasteiger charge is -2.26. The molecule has 2 saturated heterocycles. The Bertz CT molecular complexity index is 1310. The maximum absolute atomic E-state index is 12.7. The summed E-state index contributed by atoms with van der Waals surface area (Å²) in [6, 6.07) is 8.31. The highest BCUT2D eigenvalue weighted by atomic mass is 16.5. The average molecular weight is 441 g/mol. The first-order valence-electron chi connectivity index (χ1n) is 11.0. The summed E-state index contributed by atoms with van der Waals surface area (Å²) in [6.07, 6.45) is 12.2. The van der Waals surface area contributed by atoms with E-state index in [-0.39, 0.29) is 24.6 Å². The Morgan fingerprint density at radius 2 is 1.79 bits per heavy atom. The summed E-state index contributed by atoms with van der Waals surface area (Å²) in [5.41, 5.74) is 4.79. The van der Waals surface area contributed by atoms with Crippen LogP contribution in [-0.4, -0.2) is 65.6 Å². The summed E-state index contributed by atoms with van der Waals surface area (Å²) in [7, 11) is 1.90. The van der Waals surface area contributed by atoms with Gasteiger partial charge >= 0.3 is 0 Å². The zero-order chi connectivity index (χ0) is 22.4. The Kier molecular flexibility index (Phi) is 4.76. The molecule has 4 aromatic rings. The van der Waals surface area contributed by atoms with Crippen LogP contribution in [0.2, 0.25) is 0 Å². The number of ether oxygens (including phenoxy) is 1. The smallest absolute Gasteiger partial charge is 0.244 e. The minimum absolute atomic E-state index is 0.0838. The normalized spacial score (nSPS) is 19.4. The molecule has 33 heavy (non-hydrogen) atoms. The third kappa shape index (κ3) is 3.80. The minimum atomic E-state index is 0.0838. The largest absolute Gasteiger partial charge is 0.374 e. The monoisotopic (exact) mass is 441 g/mol. The quantitative estimate of drug-likeness (QED) is 0.472. The Hall–Kier alpha value is -3.85. The molecule has 0 radical (unpaired) electrons. The minimum Gasteiger partial charge on any atom is -0.374 e. The van der Waals surface area contributed by atoms with Crippen molar-refractivity contribution in [2.75, 3.05) is 13.2 Å². The van der Waals surface area contributed by atoms with Crippen molar-refractivity contribution < 1.29 is 9.53 Å². The number of rotatable bonds is 5. The van der Waals surface area contributed by atoms with Crippen molar-refractivity contribution in [3.05, 3.63) is 61.4 Å². The Morgan fingerprint density at radius 1 is 1.00 bits per heavy atom. The third-order valence-electron chi connectivity index (χ3n) is 6.30. The van der Waals surface area contributed by atoms with Crippen LogP contribution < -0.4 is 0 Å². The van der Waals surface area contributed by atoms with Crippen molar-refractivity contribution in [1.29, 1.82) is 0 Å². The first-order chi connectivity index (χ1) is 16.1. The van der Waals surface area contributed by atoms with Gasteiger partial charge in [0.2, 0.25) is 5.91 Å². The molecule has 2 aliphatic heterocycles. The van der Waals surface area contributed by atoms with Gasteiger partial charge in [0.1, 0.15) is 6.54 Å². The van der Waals surface area contributed by atoms with Crippen molar-refractivity contribution in [3.8, 4) is 33.6 Å². The van der Waals surface area contributed by atoms with Crippen LogP contribution in [0.1, 0.15) is 6.42 Å². The molecule has 0 aliphatic carbocycles. The molecule has 2 aliphatic rings. The molecular weight excluding hydrogens is 418 g/mol. The number of morpholine rings is 1. The van der Waals surface area contributed by atoms with Gasteiger partial charge in [-0.1, -0.05) is 18.2 Å². The van der Waals surface area contributed by atoms with E-state index >= 15 is 0 Å². The van der Waals surface area contributed by atoms with Crippen molar-refractivity contribution in [2.45, 2.75) is 25.1 Å². The SMILES string of the molecule is Cn1cc(-c2cccc(-c3ncc(-c4cnn(CC(=O)N5C[C@@H]6C[C@H]5CO6)c4)cn3)c2)cn1. The third-order valence-corrected chi connectivity index (χ3v) is 6.30. The zero-order valence-electron chi connectivity index (χ0n) is 18.2. The summed E-state index contributed by atoms with van der Waals surface area (Å²) in [6.45, 7) is 1.56. The lowest BCUT2D eigenvalue weighted by atomic mass is 10.1. The fourth-order valence-electron chi connectivity index (χ4n) is 4.57. The molecule has 2 bridgehead atoms. The van der Waals surface area contributed by atoms with E-state index in [1.54, 1.807) is 28.0 Å². The molecule has 0 saturated carbocycles. The van der Waals surface area contributed by atoms with Gasteiger partial charge in [-0.05, 0) is 18.1 Å². The van der Waals surface area contributed by atoms with Crippen LogP contribution in [0.3, 0.4) is 0 Å². The summed E-state index contributed by atoms with van der Waals surface area (Å²) in [5, 5.41) is 8.61. The molecule has 2 fully saturated rings. The number of fused-ring (bicyclic) bond motifs is 2. The molecule has 6 rings (SSSR count). The number of aryl methyl sites for hydroxylation is 1. The fourth-order valence-corrected chi connectivity index (χ4v) is 4.57. The zero-order valence-corrected chi connectivity index (χ0v) is 18.2. The van der Waals surface area contributed by atoms with Crippen molar-refractivity contribution in [3.63, 3.8) is 0 Å². The van der Waals surface area contributed by atoms with Gasteiger partial charge in [-0.2, -0.15) is 10.2 Å². The van der Waals surface area contributed by atoms with Gasteiger partial charge in [0, 0.05) is 60.6 Å². The number of amides is 1. The van der Waals surface area contributed by atoms with Gasteiger partial charge in [-0.15, -0.1) is 0 Å². The molecule has 9 heteroatoms. The lowest BCUT2D eigenvalue weighted by Crippen LogP contribution is -2.43. The van der Waals surface area contributed by atoms with Crippen molar-refractivity contribution in [1.82, 2.24) is 34.4 Å². The van der Waals surface area contributed by atoms with Crippen LogP contribution in [0.15, 0.2) is 61.4 Å². The second kappa shape index (κ2) is 7.93. The van der Waals surface area contributed by atoms with Crippen LogP contribution in [0.4, 0.5) is 0 Å². The average Bonchev–Trinajstić information content (AvgIpc) is 3.64. The van der Waals surface area contributed by atoms with Crippen LogP contribution in [-0.2, 0) is 23.1 Å². The Labute approximate surface area is 190 Å². The van der Waals surface area contributed by atoms with Gasteiger partial charge in [-0.3, -0.25) is 14.2 Å². The highest BCUT2D eigenvalue weighted by Crippen LogP contribution is 2.28. The number of benzene rings is 1. The summed E-state index contributed by atoms with van der Waals surface area (Å²) in [5.74, 6) is 0.735. The predicted octanol–water partition coefficient (Wildman–Crippen LogP) is 2.41. The molecule has 9 nitrogen and oxygen atoms in total. The van der Waals surface area contributed by atoms with Crippen LogP contribution in [0, 0.1) is 0 Å². The fraction of sp³-hybridized carbons (Fsp3) is 0.292. The lowest BCUT2D eigenvalue weighted by molar-refractivity contribution is -0.136. The molecule has 0 N–H and O–H groups in total. The predicted molar refractivity (Wildman–Crippen MR) is 121 cm³/mol. The van der Waals surface area contributed by atoms with Crippen molar-refractivity contribution in [2.24, 2.45) is 7.05 Å². The molecule has 1 aromatic carbocycles. The summed E-state index contributed by atoms with van der Waals surface area (Å²) >= 11 is 0. The number of carbonyl (C=O) groups is 1. The molecule has 1 amide bonds. The Morgan fingerprint density at radius 3 is 2.52 bits per heavy atom. The van der Waals surface area contributed by atoms with E-state index in [0.29, 0.717) is 19.0 Å². The highest BCUT2D eigenvalue weighted by Gasteiger charge is 2.41. The first kappa shape index (κ1) is 19.8. The van der Waals surface area contributed by atoms with E-state index in [1.165, 1.54) is 0 Å². The van der Waals surface area contributed by atoms with E-state index in [4.69, 9.17) is 4.74 Å². The van der Waals surface area contributed by atoms with E-state index in [0.717, 1.165) is 34.2 Å². The molecule has 5 heterocycles. The maximum Gasteiger partial charge on any atom is 0.244 e. The number of carbonyl (C=O) groups excluding carboxylic acids is 1. The van der Waals surface area contributed by atoms with Gasteiger partial charge in [-0.25, -0.2) is 9.97 Å². The molecule has 166 valence electrons. The second-order valence-corrected chi connectivity index (χ2v) is 8.60. The number of likely N-dealkylation sites (tertiary alicyclic amines) is 1. The van der Waals surface area contributed by atoms with Crippen LogP contribution in [0.25, 0.3) is 33.6 Å². The molecule has 3 aromatic heterocycles. The van der Waals surface area contributed by atoms with Gasteiger partial charge < -0.3 is 9.64 Å². The summed E-state index contributed by atoms with van der Waals surface area (Å²) in [4.78, 5) is 23.7. The van der Waals surface area contributed by atoms with Crippen LogP contribution in [0.5, 0.6) is 0 Å². The molecule has 0 unspecified atom stereocenters. The molecule has 2 atom stereocenters. The number of hydrogen-bond acceptors (Lipinski definition) is 6. The van der Waals surface area contributed by atoms with E-state index in [1.807, 2.05) is 48.7 Å². The molecular formula is C24H23N7O2. The van der Waals surface area contributed by atoms with E-state index in [2.05, 4.69) is 26.2 Å². The van der Waals surface area contributed by atoms with Gasteiger partial charge in [0.15, 0.2) is 5.82 Å². The Balaban J connectivity index is 1.16.